The molecular formula is C28H30. The predicted octanol–water partition coefficient (Wildman–Crippen LogP) is 8.32. The average Bonchev–Trinajstić information content (AvgIpc) is 2.70. The van der Waals surface area contributed by atoms with E-state index in [0.717, 1.165) is 6.42 Å². The molecule has 3 aromatic rings. The number of hydrogen-bond acceptors (Lipinski definition) is 0. The Balaban J connectivity index is 2.16. The average molecular weight is 367 g/mol. The van der Waals surface area contributed by atoms with E-state index in [1.165, 1.54) is 55.7 Å². The van der Waals surface area contributed by atoms with E-state index in [2.05, 4.69) is 102 Å². The molecule has 0 amide bonds. The number of aryl methyl sites for hydroxylation is 3. The number of hydrogen-bond donors (Lipinski definition) is 0. The van der Waals surface area contributed by atoms with Crippen molar-refractivity contribution in [3.05, 3.63) is 101 Å². The monoisotopic (exact) mass is 366 g/mol. The maximum atomic E-state index is 4.07. The van der Waals surface area contributed by atoms with Crippen molar-refractivity contribution in [2.75, 3.05) is 0 Å². The Morgan fingerprint density at radius 2 is 1.39 bits per heavy atom. The van der Waals surface area contributed by atoms with Crippen LogP contribution in [0.15, 0.2) is 78.9 Å². The van der Waals surface area contributed by atoms with Crippen LogP contribution in [0.25, 0.3) is 27.8 Å². The van der Waals surface area contributed by atoms with Crippen LogP contribution in [0.2, 0.25) is 0 Å². The lowest BCUT2D eigenvalue weighted by Gasteiger charge is -2.15. The van der Waals surface area contributed by atoms with E-state index < -0.39 is 0 Å². The second-order valence-corrected chi connectivity index (χ2v) is 7.63. The van der Waals surface area contributed by atoms with E-state index in [1.54, 1.807) is 0 Å². The summed E-state index contributed by atoms with van der Waals surface area (Å²) in [5.41, 5.74) is 12.9. The van der Waals surface area contributed by atoms with Crippen molar-refractivity contribution in [1.29, 1.82) is 0 Å². The smallest absolute Gasteiger partial charge is 0.0146 e. The van der Waals surface area contributed by atoms with Crippen LogP contribution >= 0.6 is 0 Å². The lowest BCUT2D eigenvalue weighted by molar-refractivity contribution is 1.10. The Hall–Kier alpha value is -2.86. The van der Waals surface area contributed by atoms with E-state index in [1.807, 2.05) is 6.08 Å². The van der Waals surface area contributed by atoms with Gasteiger partial charge in [-0.15, -0.1) is 0 Å². The third kappa shape index (κ3) is 3.87. The van der Waals surface area contributed by atoms with Gasteiger partial charge in [-0.3, -0.25) is 0 Å². The van der Waals surface area contributed by atoms with Crippen LogP contribution in [0.1, 0.15) is 42.5 Å². The molecule has 0 atom stereocenters. The Morgan fingerprint density at radius 3 is 2.04 bits per heavy atom. The van der Waals surface area contributed by atoms with Crippen LogP contribution in [-0.4, -0.2) is 0 Å². The van der Waals surface area contributed by atoms with Crippen LogP contribution in [-0.2, 0) is 0 Å². The highest BCUT2D eigenvalue weighted by molar-refractivity contribution is 5.83. The number of rotatable bonds is 5. The topological polar surface area (TPSA) is 0 Å². The van der Waals surface area contributed by atoms with Crippen molar-refractivity contribution in [3.63, 3.8) is 0 Å². The first kappa shape index (κ1) is 19.9. The molecule has 0 aliphatic carbocycles. The highest BCUT2D eigenvalue weighted by atomic mass is 14.1. The van der Waals surface area contributed by atoms with Gasteiger partial charge in [0.2, 0.25) is 0 Å². The van der Waals surface area contributed by atoms with Crippen LogP contribution in [0.4, 0.5) is 0 Å². The van der Waals surface area contributed by atoms with Gasteiger partial charge in [0.05, 0.1) is 0 Å². The molecule has 3 rings (SSSR count). The second-order valence-electron chi connectivity index (χ2n) is 7.63. The lowest BCUT2D eigenvalue weighted by atomic mass is 9.89. The van der Waals surface area contributed by atoms with Gasteiger partial charge in [-0.05, 0) is 96.3 Å². The summed E-state index contributed by atoms with van der Waals surface area (Å²) < 4.78 is 0. The minimum atomic E-state index is 1.03. The quantitative estimate of drug-likeness (QED) is 0.398. The summed E-state index contributed by atoms with van der Waals surface area (Å²) in [5, 5.41) is 0. The van der Waals surface area contributed by atoms with Crippen molar-refractivity contribution in [2.24, 2.45) is 0 Å². The zero-order valence-corrected chi connectivity index (χ0v) is 17.8. The molecule has 28 heavy (non-hydrogen) atoms. The van der Waals surface area contributed by atoms with E-state index in [9.17, 15) is 0 Å². The summed E-state index contributed by atoms with van der Waals surface area (Å²) in [7, 11) is 0. The van der Waals surface area contributed by atoms with Gasteiger partial charge >= 0.3 is 0 Å². The molecule has 0 N–H and O–H groups in total. The number of allylic oxidation sites excluding steroid dienone is 3. The van der Waals surface area contributed by atoms with Gasteiger partial charge in [-0.1, -0.05) is 73.7 Å². The molecule has 0 saturated heterocycles. The zero-order valence-electron chi connectivity index (χ0n) is 17.8. The fourth-order valence-electron chi connectivity index (χ4n) is 3.76. The standard InChI is InChI=1S/C28H30/c1-7-19(3)25(8-2)27-17-23(15-13-21(27)5)24-16-14-22(6)28(18-24)26-12-10-9-11-20(26)4/h8-18H,2,7H2,1,3-6H3/b25-19+. The molecular weight excluding hydrogens is 336 g/mol. The van der Waals surface area contributed by atoms with Crippen LogP contribution in [0.5, 0.6) is 0 Å². The van der Waals surface area contributed by atoms with Crippen molar-refractivity contribution in [3.8, 4) is 22.3 Å². The normalized spacial score (nSPS) is 11.9. The molecule has 0 nitrogen and oxygen atoms in total. The number of benzene rings is 3. The van der Waals surface area contributed by atoms with Crippen molar-refractivity contribution < 1.29 is 0 Å². The summed E-state index contributed by atoms with van der Waals surface area (Å²) in [5.74, 6) is 0. The summed E-state index contributed by atoms with van der Waals surface area (Å²) in [4.78, 5) is 0. The Kier molecular flexibility index (Phi) is 5.99. The van der Waals surface area contributed by atoms with Gasteiger partial charge in [-0.2, -0.15) is 0 Å². The highest BCUT2D eigenvalue weighted by Crippen LogP contribution is 2.34. The zero-order chi connectivity index (χ0) is 20.3. The lowest BCUT2D eigenvalue weighted by Crippen LogP contribution is -1.93. The minimum Gasteiger partial charge on any atom is -0.0984 e. The van der Waals surface area contributed by atoms with Gasteiger partial charge in [0, 0.05) is 0 Å². The van der Waals surface area contributed by atoms with Gasteiger partial charge in [0.15, 0.2) is 0 Å². The fraction of sp³-hybridized carbons (Fsp3) is 0.214. The van der Waals surface area contributed by atoms with Crippen molar-refractivity contribution in [2.45, 2.75) is 41.0 Å². The Bertz CT molecular complexity index is 1050. The van der Waals surface area contributed by atoms with Crippen LogP contribution in [0.3, 0.4) is 0 Å². The third-order valence-electron chi connectivity index (χ3n) is 5.73. The largest absolute Gasteiger partial charge is 0.0984 e. The minimum absolute atomic E-state index is 1.03. The molecule has 0 bridgehead atoms. The molecule has 0 radical (unpaired) electrons. The van der Waals surface area contributed by atoms with Crippen molar-refractivity contribution in [1.82, 2.24) is 0 Å². The molecule has 0 unspecified atom stereocenters. The van der Waals surface area contributed by atoms with Gasteiger partial charge in [0.1, 0.15) is 0 Å². The molecule has 0 aliphatic rings. The SMILES string of the molecule is C=C/C(=C(/C)CC)c1cc(-c2ccc(C)c(-c3ccccc3C)c2)ccc1C. The van der Waals surface area contributed by atoms with Gasteiger partial charge < -0.3 is 0 Å². The third-order valence-corrected chi connectivity index (χ3v) is 5.73. The molecule has 0 heterocycles. The summed E-state index contributed by atoms with van der Waals surface area (Å²) in [6, 6.07) is 22.2. The molecule has 0 aromatic heterocycles. The highest BCUT2D eigenvalue weighted by Gasteiger charge is 2.10. The summed E-state index contributed by atoms with van der Waals surface area (Å²) >= 11 is 0. The Labute approximate surface area is 170 Å². The first-order valence-corrected chi connectivity index (χ1v) is 10.1. The van der Waals surface area contributed by atoms with Crippen LogP contribution < -0.4 is 0 Å². The van der Waals surface area contributed by atoms with Gasteiger partial charge in [0.25, 0.3) is 0 Å². The van der Waals surface area contributed by atoms with E-state index in [-0.39, 0.29) is 0 Å². The maximum Gasteiger partial charge on any atom is -0.0146 e. The van der Waals surface area contributed by atoms with Crippen molar-refractivity contribution >= 4 is 5.57 Å². The second kappa shape index (κ2) is 8.44. The molecule has 3 aromatic carbocycles. The molecule has 0 spiro atoms. The van der Waals surface area contributed by atoms with E-state index in [4.69, 9.17) is 0 Å². The summed E-state index contributed by atoms with van der Waals surface area (Å²) in [6.45, 7) is 15.0. The molecule has 0 saturated carbocycles. The molecule has 0 aliphatic heterocycles. The van der Waals surface area contributed by atoms with E-state index >= 15 is 0 Å². The fourth-order valence-corrected chi connectivity index (χ4v) is 3.76. The molecule has 142 valence electrons. The molecule has 0 fully saturated rings. The predicted molar refractivity (Wildman–Crippen MR) is 125 cm³/mol. The van der Waals surface area contributed by atoms with Gasteiger partial charge in [-0.25, -0.2) is 0 Å². The van der Waals surface area contributed by atoms with E-state index in [0.29, 0.717) is 0 Å². The summed E-state index contributed by atoms with van der Waals surface area (Å²) in [6.07, 6.45) is 3.03. The first-order chi connectivity index (χ1) is 13.5. The maximum absolute atomic E-state index is 4.07. The first-order valence-electron chi connectivity index (χ1n) is 10.1. The molecule has 0 heteroatoms. The Morgan fingerprint density at radius 1 is 0.786 bits per heavy atom. The van der Waals surface area contributed by atoms with Crippen LogP contribution in [0, 0.1) is 20.8 Å².